The summed E-state index contributed by atoms with van der Waals surface area (Å²) in [5, 5.41) is 13.6. The Hall–Kier alpha value is -4.04. The second-order valence-electron chi connectivity index (χ2n) is 6.72. The van der Waals surface area contributed by atoms with Crippen molar-refractivity contribution in [1.82, 2.24) is 5.32 Å². The molecule has 7 nitrogen and oxygen atoms in total. The van der Waals surface area contributed by atoms with E-state index in [0.717, 1.165) is 16.5 Å². The number of carbonyl (C=O) groups excluding carboxylic acids is 1. The Morgan fingerprint density at radius 3 is 2.53 bits per heavy atom. The Morgan fingerprint density at radius 2 is 1.84 bits per heavy atom. The maximum absolute atomic E-state index is 13.0. The molecule has 1 amide bonds. The Bertz CT molecular complexity index is 1260. The maximum atomic E-state index is 13.0. The van der Waals surface area contributed by atoms with E-state index in [1.165, 1.54) is 17.4 Å². The average molecular weight is 449 g/mol. The number of nitrogens with one attached hydrogen (secondary N) is 1. The number of benzene rings is 1. The van der Waals surface area contributed by atoms with E-state index >= 15 is 0 Å². The largest absolute Gasteiger partial charge is 0.493 e. The number of methoxy groups -OCH3 is 2. The molecule has 162 valence electrons. The molecule has 32 heavy (non-hydrogen) atoms. The Morgan fingerprint density at radius 1 is 1.06 bits per heavy atom. The van der Waals surface area contributed by atoms with E-state index in [1.54, 1.807) is 44.6 Å². The standard InChI is InChI=1S/C24H19NO6S/c1-29-18-9-5-14(12-19(18)30-2)22-23(20-4-3-11-32-20)17(25-24(22)28)13-16-7-6-15(31-16)8-10-21(26)27/h3-13H,1-2H3,(H,25,28)(H,26,27)/b10-8+,17-13-. The lowest BCUT2D eigenvalue weighted by atomic mass is 9.98. The molecule has 0 atom stereocenters. The minimum Gasteiger partial charge on any atom is -0.493 e. The van der Waals surface area contributed by atoms with Gasteiger partial charge in [-0.1, -0.05) is 12.1 Å². The van der Waals surface area contributed by atoms with Crippen LogP contribution in [0.15, 0.2) is 64.0 Å². The van der Waals surface area contributed by atoms with Crippen LogP contribution in [-0.4, -0.2) is 31.2 Å². The van der Waals surface area contributed by atoms with Crippen molar-refractivity contribution in [2.24, 2.45) is 0 Å². The number of allylic oxidation sites excluding steroid dienone is 1. The maximum Gasteiger partial charge on any atom is 0.328 e. The molecule has 1 aliphatic heterocycles. The van der Waals surface area contributed by atoms with Gasteiger partial charge in [0.2, 0.25) is 0 Å². The van der Waals surface area contributed by atoms with Crippen LogP contribution in [0.5, 0.6) is 11.5 Å². The summed E-state index contributed by atoms with van der Waals surface area (Å²) < 4.78 is 16.4. The zero-order chi connectivity index (χ0) is 22.7. The number of amides is 1. The average Bonchev–Trinajstić information content (AvgIpc) is 3.52. The summed E-state index contributed by atoms with van der Waals surface area (Å²) in [5.41, 5.74) is 2.54. The van der Waals surface area contributed by atoms with E-state index in [-0.39, 0.29) is 5.91 Å². The van der Waals surface area contributed by atoms with Crippen molar-refractivity contribution >= 4 is 46.5 Å². The molecule has 1 aromatic carbocycles. The minimum absolute atomic E-state index is 0.246. The van der Waals surface area contributed by atoms with Gasteiger partial charge in [-0.05, 0) is 47.4 Å². The van der Waals surface area contributed by atoms with Crippen LogP contribution in [-0.2, 0) is 9.59 Å². The predicted molar refractivity (Wildman–Crippen MR) is 122 cm³/mol. The van der Waals surface area contributed by atoms with Gasteiger partial charge in [-0.3, -0.25) is 4.79 Å². The van der Waals surface area contributed by atoms with Crippen molar-refractivity contribution in [3.05, 3.63) is 81.6 Å². The number of thiophene rings is 1. The highest BCUT2D eigenvalue weighted by molar-refractivity contribution is 7.11. The fourth-order valence-electron chi connectivity index (χ4n) is 3.38. The summed E-state index contributed by atoms with van der Waals surface area (Å²) in [5.74, 6) is 0.657. The lowest BCUT2D eigenvalue weighted by Crippen LogP contribution is -2.15. The van der Waals surface area contributed by atoms with Crippen LogP contribution in [0.3, 0.4) is 0 Å². The van der Waals surface area contributed by atoms with Crippen LogP contribution < -0.4 is 14.8 Å². The number of carboxylic acid groups (broad SMARTS) is 1. The van der Waals surface area contributed by atoms with Crippen LogP contribution in [0.4, 0.5) is 0 Å². The summed E-state index contributed by atoms with van der Waals surface area (Å²) in [6.07, 6.45) is 4.08. The number of rotatable bonds is 7. The molecule has 0 aliphatic carbocycles. The first-order valence-corrected chi connectivity index (χ1v) is 10.4. The van der Waals surface area contributed by atoms with Gasteiger partial charge in [0.25, 0.3) is 5.91 Å². The van der Waals surface area contributed by atoms with Gasteiger partial charge in [0, 0.05) is 22.6 Å². The third kappa shape index (κ3) is 4.21. The van der Waals surface area contributed by atoms with Crippen LogP contribution in [0, 0.1) is 0 Å². The monoisotopic (exact) mass is 449 g/mol. The summed E-state index contributed by atoms with van der Waals surface area (Å²) in [6, 6.07) is 12.6. The van der Waals surface area contributed by atoms with E-state index in [2.05, 4.69) is 5.32 Å². The van der Waals surface area contributed by atoms with Crippen molar-refractivity contribution in [2.75, 3.05) is 14.2 Å². The quantitative estimate of drug-likeness (QED) is 0.514. The SMILES string of the molecule is COc1ccc(C2=C(c3cccs3)/C(=C/c3ccc(/C=C/C(=O)O)o3)NC2=O)cc1OC. The highest BCUT2D eigenvalue weighted by Gasteiger charge is 2.30. The summed E-state index contributed by atoms with van der Waals surface area (Å²) in [7, 11) is 3.10. The van der Waals surface area contributed by atoms with Crippen LogP contribution in [0.1, 0.15) is 22.0 Å². The smallest absolute Gasteiger partial charge is 0.328 e. The van der Waals surface area contributed by atoms with Crippen molar-refractivity contribution < 1.29 is 28.6 Å². The molecule has 8 heteroatoms. The number of ether oxygens (including phenoxy) is 2. The zero-order valence-corrected chi connectivity index (χ0v) is 18.1. The Balaban J connectivity index is 1.82. The molecule has 2 aromatic heterocycles. The molecule has 0 spiro atoms. The van der Waals surface area contributed by atoms with E-state index < -0.39 is 5.97 Å². The topological polar surface area (TPSA) is 98.0 Å². The summed E-state index contributed by atoms with van der Waals surface area (Å²) in [6.45, 7) is 0. The molecule has 3 heterocycles. The van der Waals surface area contributed by atoms with Crippen molar-refractivity contribution in [3.8, 4) is 11.5 Å². The zero-order valence-electron chi connectivity index (χ0n) is 17.2. The molecular formula is C24H19NO6S. The van der Waals surface area contributed by atoms with Crippen molar-refractivity contribution in [2.45, 2.75) is 0 Å². The predicted octanol–water partition coefficient (Wildman–Crippen LogP) is 4.54. The van der Waals surface area contributed by atoms with Crippen molar-refractivity contribution in [3.63, 3.8) is 0 Å². The minimum atomic E-state index is -1.06. The lowest BCUT2D eigenvalue weighted by Gasteiger charge is -2.10. The fourth-order valence-corrected chi connectivity index (χ4v) is 4.17. The van der Waals surface area contributed by atoms with Gasteiger partial charge >= 0.3 is 5.97 Å². The van der Waals surface area contributed by atoms with Gasteiger partial charge in [-0.25, -0.2) is 4.79 Å². The van der Waals surface area contributed by atoms with E-state index in [0.29, 0.717) is 39.9 Å². The van der Waals surface area contributed by atoms with E-state index in [4.69, 9.17) is 19.0 Å². The molecule has 3 aromatic rings. The molecule has 0 bridgehead atoms. The third-order valence-corrected chi connectivity index (χ3v) is 5.65. The second kappa shape index (κ2) is 8.99. The third-order valence-electron chi connectivity index (χ3n) is 4.76. The summed E-state index contributed by atoms with van der Waals surface area (Å²) in [4.78, 5) is 24.7. The van der Waals surface area contributed by atoms with Crippen LogP contribution in [0.2, 0.25) is 0 Å². The first-order valence-electron chi connectivity index (χ1n) is 9.55. The second-order valence-corrected chi connectivity index (χ2v) is 7.67. The number of aliphatic carboxylic acids is 1. The molecule has 2 N–H and O–H groups in total. The molecule has 0 unspecified atom stereocenters. The number of hydrogen-bond acceptors (Lipinski definition) is 6. The number of carboxylic acids is 1. The van der Waals surface area contributed by atoms with E-state index in [1.807, 2.05) is 23.6 Å². The molecule has 1 aliphatic rings. The Labute approximate surface area is 187 Å². The van der Waals surface area contributed by atoms with Crippen molar-refractivity contribution in [1.29, 1.82) is 0 Å². The molecular weight excluding hydrogens is 430 g/mol. The highest BCUT2D eigenvalue weighted by atomic mass is 32.1. The molecule has 0 radical (unpaired) electrons. The number of furan rings is 1. The van der Waals surface area contributed by atoms with Crippen LogP contribution >= 0.6 is 11.3 Å². The number of hydrogen-bond donors (Lipinski definition) is 2. The summed E-state index contributed by atoms with van der Waals surface area (Å²) >= 11 is 1.52. The lowest BCUT2D eigenvalue weighted by molar-refractivity contribution is -0.131. The first kappa shape index (κ1) is 21.2. The molecule has 4 rings (SSSR count). The van der Waals surface area contributed by atoms with Gasteiger partial charge in [0.1, 0.15) is 11.5 Å². The molecule has 0 saturated heterocycles. The molecule has 0 fully saturated rings. The van der Waals surface area contributed by atoms with Gasteiger partial charge in [-0.2, -0.15) is 0 Å². The normalized spacial score (nSPS) is 14.9. The fraction of sp³-hybridized carbons (Fsp3) is 0.0833. The highest BCUT2D eigenvalue weighted by Crippen LogP contribution is 2.41. The first-order chi connectivity index (χ1) is 15.5. The Kier molecular flexibility index (Phi) is 5.96. The molecule has 0 saturated carbocycles. The number of carbonyl (C=O) groups is 2. The van der Waals surface area contributed by atoms with Gasteiger partial charge < -0.3 is 24.3 Å². The van der Waals surface area contributed by atoms with Crippen LogP contribution in [0.25, 0.3) is 23.3 Å². The van der Waals surface area contributed by atoms with E-state index in [9.17, 15) is 9.59 Å². The van der Waals surface area contributed by atoms with Gasteiger partial charge in [-0.15, -0.1) is 11.3 Å². The van der Waals surface area contributed by atoms with Gasteiger partial charge in [0.15, 0.2) is 11.5 Å². The van der Waals surface area contributed by atoms with Gasteiger partial charge in [0.05, 0.1) is 25.5 Å².